The van der Waals surface area contributed by atoms with Crippen LogP contribution in [0.15, 0.2) is 24.3 Å². The fourth-order valence-electron chi connectivity index (χ4n) is 1.70. The van der Waals surface area contributed by atoms with Crippen molar-refractivity contribution in [2.75, 3.05) is 13.2 Å². The van der Waals surface area contributed by atoms with Crippen LogP contribution in [0.2, 0.25) is 0 Å². The van der Waals surface area contributed by atoms with E-state index in [-0.39, 0.29) is 12.2 Å². The fourth-order valence-corrected chi connectivity index (χ4v) is 2.18. The van der Waals surface area contributed by atoms with Gasteiger partial charge in [-0.2, -0.15) is 21.6 Å². The van der Waals surface area contributed by atoms with E-state index in [1.807, 2.05) is 0 Å². The number of hydrogen-bond donors (Lipinski definition) is 3. The second-order valence-corrected chi connectivity index (χ2v) is 6.92. The number of benzene rings is 1. The summed E-state index contributed by atoms with van der Waals surface area (Å²) in [4.78, 5) is 23.8. The van der Waals surface area contributed by atoms with E-state index in [0.717, 1.165) is 22.9 Å². The molecule has 0 aliphatic heterocycles. The van der Waals surface area contributed by atoms with E-state index < -0.39 is 51.6 Å². The number of esters is 1. The number of rotatable bonds is 7. The van der Waals surface area contributed by atoms with Crippen molar-refractivity contribution in [2.24, 2.45) is 5.41 Å². The van der Waals surface area contributed by atoms with E-state index in [1.165, 1.54) is 13.0 Å². The van der Waals surface area contributed by atoms with E-state index in [2.05, 4.69) is 0 Å². The van der Waals surface area contributed by atoms with Crippen LogP contribution >= 0.6 is 0 Å². The molecule has 1 amide bonds. The molecule has 0 aliphatic rings. The lowest BCUT2D eigenvalue weighted by atomic mass is 9.87. The molecule has 146 valence electrons. The topological polar surface area (TPSA) is 130 Å². The largest absolute Gasteiger partial charge is 0.516 e. The van der Waals surface area contributed by atoms with E-state index >= 15 is 0 Å². The van der Waals surface area contributed by atoms with Crippen LogP contribution in [0.1, 0.15) is 23.7 Å². The molecule has 8 nitrogen and oxygen atoms in total. The first kappa shape index (κ1) is 21.9. The number of carbonyl (C=O) groups excluding carboxylic acids is 2. The average Bonchev–Trinajstić information content (AvgIpc) is 2.56. The molecule has 0 heterocycles. The van der Waals surface area contributed by atoms with Gasteiger partial charge in [0.1, 0.15) is 11.2 Å². The minimum absolute atomic E-state index is 0.0306. The van der Waals surface area contributed by atoms with Crippen molar-refractivity contribution >= 4 is 21.9 Å². The number of aliphatic hydroxyl groups excluding tert-OH is 2. The first-order valence-electron chi connectivity index (χ1n) is 7.10. The van der Waals surface area contributed by atoms with Gasteiger partial charge in [-0.3, -0.25) is 9.59 Å². The molecular formula is C14H16F3NO7S. The third kappa shape index (κ3) is 4.71. The first-order chi connectivity index (χ1) is 11.9. The first-order valence-corrected chi connectivity index (χ1v) is 8.58. The minimum atomic E-state index is -5.89. The van der Waals surface area contributed by atoms with Gasteiger partial charge in [-0.15, -0.1) is 0 Å². The highest BCUT2D eigenvalue weighted by Gasteiger charge is 2.47. The molecule has 12 heteroatoms. The molecule has 26 heavy (non-hydrogen) atoms. The highest BCUT2D eigenvalue weighted by atomic mass is 32.2. The maximum Gasteiger partial charge on any atom is 0.516 e. The Hall–Kier alpha value is -2.18. The summed E-state index contributed by atoms with van der Waals surface area (Å²) in [6, 6.07) is 4.17. The highest BCUT2D eigenvalue weighted by Crippen LogP contribution is 2.25. The summed E-state index contributed by atoms with van der Waals surface area (Å²) >= 11 is 0. The zero-order valence-electron chi connectivity index (χ0n) is 13.4. The Bertz CT molecular complexity index is 765. The van der Waals surface area contributed by atoms with Gasteiger partial charge in [-0.25, -0.2) is 4.72 Å². The van der Waals surface area contributed by atoms with Crippen LogP contribution in [0, 0.1) is 5.41 Å². The molecule has 0 unspecified atom stereocenters. The summed E-state index contributed by atoms with van der Waals surface area (Å²) < 4.78 is 64.5. The average molecular weight is 399 g/mol. The van der Waals surface area contributed by atoms with Crippen LogP contribution in [-0.4, -0.2) is 49.2 Å². The van der Waals surface area contributed by atoms with Gasteiger partial charge >= 0.3 is 21.5 Å². The van der Waals surface area contributed by atoms with Gasteiger partial charge in [0.25, 0.3) is 5.91 Å². The molecule has 0 saturated heterocycles. The summed E-state index contributed by atoms with van der Waals surface area (Å²) in [7, 11) is -5.89. The quantitative estimate of drug-likeness (QED) is 0.451. The molecule has 0 radical (unpaired) electrons. The molecule has 0 aromatic heterocycles. The van der Waals surface area contributed by atoms with Crippen molar-refractivity contribution in [1.82, 2.24) is 4.72 Å². The predicted octanol–water partition coefficient (Wildman–Crippen LogP) is 0.552. The van der Waals surface area contributed by atoms with Gasteiger partial charge in [-0.05, 0) is 24.6 Å². The van der Waals surface area contributed by atoms with Gasteiger partial charge in [0.2, 0.25) is 0 Å². The van der Waals surface area contributed by atoms with Gasteiger partial charge in [0, 0.05) is 5.56 Å². The van der Waals surface area contributed by atoms with E-state index in [4.69, 9.17) is 4.74 Å². The van der Waals surface area contributed by atoms with Gasteiger partial charge < -0.3 is 14.9 Å². The Balaban J connectivity index is 3.02. The maximum absolute atomic E-state index is 12.3. The maximum atomic E-state index is 12.3. The van der Waals surface area contributed by atoms with E-state index in [1.54, 1.807) is 0 Å². The van der Waals surface area contributed by atoms with Gasteiger partial charge in [0.15, 0.2) is 0 Å². The Morgan fingerprint density at radius 3 is 2.23 bits per heavy atom. The van der Waals surface area contributed by atoms with Crippen molar-refractivity contribution < 1.29 is 46.1 Å². The van der Waals surface area contributed by atoms with Crippen LogP contribution < -0.4 is 9.46 Å². The van der Waals surface area contributed by atoms with E-state index in [0.29, 0.717) is 0 Å². The van der Waals surface area contributed by atoms with Crippen molar-refractivity contribution in [3.63, 3.8) is 0 Å². The lowest BCUT2D eigenvalue weighted by Crippen LogP contribution is -2.41. The molecule has 3 N–H and O–H groups in total. The van der Waals surface area contributed by atoms with E-state index in [9.17, 15) is 41.4 Å². The molecule has 0 saturated carbocycles. The monoisotopic (exact) mass is 399 g/mol. The molecule has 0 spiro atoms. The molecule has 1 rings (SSSR count). The van der Waals surface area contributed by atoms with Crippen molar-refractivity contribution in [3.8, 4) is 5.75 Å². The fraction of sp³-hybridized carbons (Fsp3) is 0.429. The van der Waals surface area contributed by atoms with Crippen molar-refractivity contribution in [1.29, 1.82) is 0 Å². The Morgan fingerprint density at radius 1 is 1.19 bits per heavy atom. The van der Waals surface area contributed by atoms with Crippen LogP contribution in [0.3, 0.4) is 0 Å². The van der Waals surface area contributed by atoms with Gasteiger partial charge in [-0.1, -0.05) is 13.0 Å². The summed E-state index contributed by atoms with van der Waals surface area (Å²) in [5.74, 6) is -2.89. The third-order valence-electron chi connectivity index (χ3n) is 3.55. The Kier molecular flexibility index (Phi) is 6.74. The smallest absolute Gasteiger partial charge is 0.426 e. The lowest BCUT2D eigenvalue weighted by Gasteiger charge is -2.25. The van der Waals surface area contributed by atoms with Crippen LogP contribution in [0.5, 0.6) is 5.75 Å². The number of sulfonamides is 1. The second kappa shape index (κ2) is 8.01. The highest BCUT2D eigenvalue weighted by molar-refractivity contribution is 7.90. The molecule has 1 aromatic carbocycles. The zero-order valence-corrected chi connectivity index (χ0v) is 14.2. The number of alkyl halides is 3. The number of carbonyl (C=O) groups is 2. The number of halogens is 3. The number of nitrogens with one attached hydrogen (secondary N) is 1. The van der Waals surface area contributed by atoms with Crippen molar-refractivity contribution in [2.45, 2.75) is 18.9 Å². The SMILES string of the molecule is CCC(CO)(CO)C(=O)Oc1cccc(C(=O)NS(=O)(=O)C(F)(F)F)c1. The third-order valence-corrected chi connectivity index (χ3v) is 4.62. The minimum Gasteiger partial charge on any atom is -0.426 e. The Labute approximate surface area is 146 Å². The van der Waals surface area contributed by atoms with Crippen LogP contribution in [-0.2, 0) is 14.8 Å². The number of amides is 1. The molecule has 1 aromatic rings. The molecule has 0 fully saturated rings. The van der Waals surface area contributed by atoms with Gasteiger partial charge in [0.05, 0.1) is 13.2 Å². The van der Waals surface area contributed by atoms with Crippen molar-refractivity contribution in [3.05, 3.63) is 29.8 Å². The van der Waals surface area contributed by atoms with Crippen LogP contribution in [0.4, 0.5) is 13.2 Å². The summed E-state index contributed by atoms with van der Waals surface area (Å²) in [5.41, 5.74) is -7.79. The summed E-state index contributed by atoms with van der Waals surface area (Å²) in [6.07, 6.45) is 0.0306. The standard InChI is InChI=1S/C14H16F3NO7S/c1-2-13(7-19,8-20)12(22)25-10-5-3-4-9(6-10)11(21)18-26(23,24)14(15,16)17/h3-6,19-20H,2,7-8H2,1H3,(H,18,21). The summed E-state index contributed by atoms with van der Waals surface area (Å²) in [6.45, 7) is 0.0746. The second-order valence-electron chi connectivity index (χ2n) is 5.25. The molecular weight excluding hydrogens is 383 g/mol. The lowest BCUT2D eigenvalue weighted by molar-refractivity contribution is -0.151. The predicted molar refractivity (Wildman–Crippen MR) is 81.4 cm³/mol. The molecule has 0 bridgehead atoms. The number of aliphatic hydroxyl groups is 2. The number of ether oxygens (including phenoxy) is 1. The Morgan fingerprint density at radius 2 is 1.77 bits per heavy atom. The molecule has 0 atom stereocenters. The summed E-state index contributed by atoms with van der Waals surface area (Å²) in [5, 5.41) is 18.5. The zero-order chi connectivity index (χ0) is 20.2. The normalized spacial score (nSPS) is 12.5. The number of hydrogen-bond acceptors (Lipinski definition) is 7. The molecule has 0 aliphatic carbocycles. The van der Waals surface area contributed by atoms with Crippen LogP contribution in [0.25, 0.3) is 0 Å².